The van der Waals surface area contributed by atoms with E-state index in [4.69, 9.17) is 10.5 Å². The van der Waals surface area contributed by atoms with Crippen LogP contribution in [-0.2, 0) is 17.8 Å². The summed E-state index contributed by atoms with van der Waals surface area (Å²) < 4.78 is 22.8. The summed E-state index contributed by atoms with van der Waals surface area (Å²) in [7, 11) is 0. The quantitative estimate of drug-likeness (QED) is 0.350. The first-order chi connectivity index (χ1) is 18.3. The van der Waals surface area contributed by atoms with Crippen molar-refractivity contribution in [2.45, 2.75) is 39.8 Å². The molecule has 0 spiro atoms. The lowest BCUT2D eigenvalue weighted by atomic mass is 9.97. The van der Waals surface area contributed by atoms with Gasteiger partial charge in [-0.25, -0.2) is 14.4 Å². The van der Waals surface area contributed by atoms with Crippen LogP contribution in [0.1, 0.15) is 25.1 Å². The zero-order valence-corrected chi connectivity index (χ0v) is 21.5. The molecule has 0 bridgehead atoms. The van der Waals surface area contributed by atoms with Gasteiger partial charge in [0.1, 0.15) is 24.7 Å². The number of nitrogens with zero attached hydrogens (tertiary/aromatic N) is 5. The highest BCUT2D eigenvalue weighted by Crippen LogP contribution is 2.39. The maximum absolute atomic E-state index is 15.5. The van der Waals surface area contributed by atoms with Crippen LogP contribution in [0, 0.1) is 12.7 Å². The Morgan fingerprint density at radius 2 is 2.00 bits per heavy atom. The highest BCUT2D eigenvalue weighted by Gasteiger charge is 2.24. The summed E-state index contributed by atoms with van der Waals surface area (Å²) in [6.45, 7) is 7.99. The minimum atomic E-state index is -0.514. The molecule has 1 amide bonds. The van der Waals surface area contributed by atoms with Crippen LogP contribution in [0.25, 0.3) is 21.9 Å². The summed E-state index contributed by atoms with van der Waals surface area (Å²) in [6, 6.07) is 5.66. The molecule has 2 aliphatic rings. The van der Waals surface area contributed by atoms with Gasteiger partial charge in [0.25, 0.3) is 0 Å². The van der Waals surface area contributed by atoms with Crippen molar-refractivity contribution in [1.82, 2.24) is 24.6 Å². The molecule has 196 valence electrons. The van der Waals surface area contributed by atoms with E-state index < -0.39 is 5.82 Å². The Morgan fingerprint density at radius 1 is 1.16 bits per heavy atom. The van der Waals surface area contributed by atoms with Gasteiger partial charge in [-0.15, -0.1) is 0 Å². The fourth-order valence-electron chi connectivity index (χ4n) is 5.17. The standard InChI is InChI=1S/C27H29FN8O2/c1-14(2)35-6-4-17-10-22(34-36(17)13-23(35)37)33-21-9-16-8-18(24(28)25(29)20(16)12-31-21)19-11-32-27-26(15(19)3)30-5-7-38-27/h8-12,14,30H,4-7,13,29H2,1-3H3,(H,31,33,34). The van der Waals surface area contributed by atoms with Crippen molar-refractivity contribution in [3.8, 4) is 17.0 Å². The van der Waals surface area contributed by atoms with Gasteiger partial charge in [-0.05, 0) is 43.9 Å². The first-order valence-corrected chi connectivity index (χ1v) is 12.7. The molecule has 0 saturated heterocycles. The number of carbonyl (C=O) groups is 1. The predicted octanol–water partition coefficient (Wildman–Crippen LogP) is 3.86. The Kier molecular flexibility index (Phi) is 5.77. The molecule has 0 radical (unpaired) electrons. The Morgan fingerprint density at radius 3 is 2.82 bits per heavy atom. The minimum Gasteiger partial charge on any atom is -0.474 e. The zero-order chi connectivity index (χ0) is 26.6. The van der Waals surface area contributed by atoms with E-state index in [1.54, 1.807) is 23.1 Å². The summed E-state index contributed by atoms with van der Waals surface area (Å²) >= 11 is 0. The fraction of sp³-hybridized carbons (Fsp3) is 0.333. The lowest BCUT2D eigenvalue weighted by Gasteiger charge is -2.24. The van der Waals surface area contributed by atoms with Crippen molar-refractivity contribution in [1.29, 1.82) is 0 Å². The second-order valence-corrected chi connectivity index (χ2v) is 9.93. The van der Waals surface area contributed by atoms with Gasteiger partial charge >= 0.3 is 0 Å². The highest BCUT2D eigenvalue weighted by atomic mass is 19.1. The molecule has 0 unspecified atom stereocenters. The van der Waals surface area contributed by atoms with Crippen LogP contribution >= 0.6 is 0 Å². The van der Waals surface area contributed by atoms with Crippen LogP contribution in [0.2, 0.25) is 0 Å². The van der Waals surface area contributed by atoms with Gasteiger partial charge < -0.3 is 26.0 Å². The molecule has 0 atom stereocenters. The van der Waals surface area contributed by atoms with E-state index >= 15 is 4.39 Å². The molecule has 0 fully saturated rings. The van der Waals surface area contributed by atoms with Crippen LogP contribution in [0.3, 0.4) is 0 Å². The molecular weight excluding hydrogens is 487 g/mol. The first-order valence-electron chi connectivity index (χ1n) is 12.7. The first kappa shape index (κ1) is 24.0. The second-order valence-electron chi connectivity index (χ2n) is 9.93. The summed E-state index contributed by atoms with van der Waals surface area (Å²) in [5.74, 6) is 1.18. The van der Waals surface area contributed by atoms with Crippen molar-refractivity contribution in [2.24, 2.45) is 0 Å². The number of hydrogen-bond acceptors (Lipinski definition) is 8. The molecule has 4 aromatic rings. The summed E-state index contributed by atoms with van der Waals surface area (Å²) in [6.07, 6.45) is 3.89. The van der Waals surface area contributed by atoms with E-state index in [1.165, 1.54) is 0 Å². The van der Waals surface area contributed by atoms with E-state index in [-0.39, 0.29) is 24.2 Å². The number of hydrogen-bond donors (Lipinski definition) is 3. The number of anilines is 4. The van der Waals surface area contributed by atoms with Crippen molar-refractivity contribution in [3.63, 3.8) is 0 Å². The molecule has 38 heavy (non-hydrogen) atoms. The monoisotopic (exact) mass is 516 g/mol. The number of pyridine rings is 2. The number of rotatable bonds is 4. The second kappa shape index (κ2) is 9.16. The third kappa shape index (κ3) is 4.04. The zero-order valence-electron chi connectivity index (χ0n) is 21.5. The van der Waals surface area contributed by atoms with Crippen LogP contribution < -0.4 is 21.1 Å². The molecule has 0 saturated carbocycles. The topological polar surface area (TPSA) is 123 Å². The summed E-state index contributed by atoms with van der Waals surface area (Å²) in [5, 5.41) is 12.3. The van der Waals surface area contributed by atoms with Gasteiger partial charge in [-0.1, -0.05) is 0 Å². The number of fused-ring (bicyclic) bond motifs is 3. The van der Waals surface area contributed by atoms with E-state index in [1.807, 2.05) is 37.8 Å². The normalized spacial score (nSPS) is 15.1. The van der Waals surface area contributed by atoms with Crippen molar-refractivity contribution < 1.29 is 13.9 Å². The molecule has 11 heteroatoms. The number of halogens is 1. The number of ether oxygens (including phenoxy) is 1. The molecule has 0 aliphatic carbocycles. The number of nitrogen functional groups attached to an aromatic ring is 1. The lowest BCUT2D eigenvalue weighted by molar-refractivity contribution is -0.133. The molecule has 6 rings (SSSR count). The van der Waals surface area contributed by atoms with Gasteiger partial charge in [0.2, 0.25) is 11.8 Å². The fourth-order valence-corrected chi connectivity index (χ4v) is 5.17. The molecule has 2 aliphatic heterocycles. The maximum atomic E-state index is 15.5. The van der Waals surface area contributed by atoms with Gasteiger partial charge in [-0.3, -0.25) is 9.48 Å². The van der Waals surface area contributed by atoms with Crippen molar-refractivity contribution in [2.75, 3.05) is 36.1 Å². The van der Waals surface area contributed by atoms with Gasteiger partial charge in [0, 0.05) is 66.2 Å². The Labute approximate surface area is 219 Å². The van der Waals surface area contributed by atoms with Crippen LogP contribution in [0.4, 0.5) is 27.4 Å². The number of carbonyl (C=O) groups excluding carboxylic acids is 1. The summed E-state index contributed by atoms with van der Waals surface area (Å²) in [4.78, 5) is 23.3. The Balaban J connectivity index is 1.33. The van der Waals surface area contributed by atoms with E-state index in [9.17, 15) is 4.79 Å². The minimum absolute atomic E-state index is 0.0276. The lowest BCUT2D eigenvalue weighted by Crippen LogP contribution is -2.38. The third-order valence-corrected chi connectivity index (χ3v) is 7.19. The van der Waals surface area contributed by atoms with Crippen molar-refractivity contribution >= 4 is 39.7 Å². The Bertz CT molecular complexity index is 1580. The molecule has 1 aromatic carbocycles. The van der Waals surface area contributed by atoms with Crippen LogP contribution in [-0.4, -0.2) is 56.3 Å². The number of aromatic nitrogens is 4. The number of amides is 1. The van der Waals surface area contributed by atoms with Crippen LogP contribution in [0.5, 0.6) is 5.88 Å². The van der Waals surface area contributed by atoms with E-state index in [2.05, 4.69) is 25.7 Å². The SMILES string of the molecule is Cc1c(-c2cc3cc(Nc4cc5n(n4)CC(=O)N(C(C)C)CC5)ncc3c(N)c2F)cnc2c1NCCO2. The number of benzene rings is 1. The predicted molar refractivity (Wildman–Crippen MR) is 144 cm³/mol. The van der Waals surface area contributed by atoms with E-state index in [0.29, 0.717) is 53.7 Å². The van der Waals surface area contributed by atoms with Crippen molar-refractivity contribution in [3.05, 3.63) is 47.7 Å². The molecular formula is C27H29FN8O2. The molecule has 3 aromatic heterocycles. The van der Waals surface area contributed by atoms with Gasteiger partial charge in [0.15, 0.2) is 11.6 Å². The molecule has 4 N–H and O–H groups in total. The summed E-state index contributed by atoms with van der Waals surface area (Å²) in [5.41, 5.74) is 9.82. The average Bonchev–Trinajstić information content (AvgIpc) is 3.19. The average molecular weight is 517 g/mol. The number of nitrogens with one attached hydrogen (secondary N) is 2. The van der Waals surface area contributed by atoms with Gasteiger partial charge in [-0.2, -0.15) is 5.10 Å². The number of nitrogens with two attached hydrogens (primary N) is 1. The Hall–Kier alpha value is -4.41. The highest BCUT2D eigenvalue weighted by molar-refractivity contribution is 5.98. The van der Waals surface area contributed by atoms with Gasteiger partial charge in [0.05, 0.1) is 5.69 Å². The largest absolute Gasteiger partial charge is 0.474 e. The smallest absolute Gasteiger partial charge is 0.244 e. The van der Waals surface area contributed by atoms with E-state index in [0.717, 1.165) is 28.8 Å². The third-order valence-electron chi connectivity index (χ3n) is 7.19. The molecule has 10 nitrogen and oxygen atoms in total. The maximum Gasteiger partial charge on any atom is 0.244 e. The molecule has 5 heterocycles. The van der Waals surface area contributed by atoms with Crippen LogP contribution in [0.15, 0.2) is 30.6 Å².